The van der Waals surface area contributed by atoms with Gasteiger partial charge in [0.25, 0.3) is 0 Å². The first-order valence-corrected chi connectivity index (χ1v) is 8.47. The van der Waals surface area contributed by atoms with Gasteiger partial charge in [-0.05, 0) is 62.9 Å². The zero-order valence-corrected chi connectivity index (χ0v) is 15.2. The van der Waals surface area contributed by atoms with E-state index in [0.29, 0.717) is 12.6 Å². The highest BCUT2D eigenvalue weighted by Gasteiger charge is 2.46. The normalized spacial score (nSPS) is 24.3. The summed E-state index contributed by atoms with van der Waals surface area (Å²) in [5.74, 6) is 0.843. The summed E-state index contributed by atoms with van der Waals surface area (Å²) in [5.41, 5.74) is 1.14. The lowest BCUT2D eigenvalue weighted by Gasteiger charge is -2.49. The fraction of sp³-hybridized carbons (Fsp3) is 0.600. The summed E-state index contributed by atoms with van der Waals surface area (Å²) >= 11 is 7.09. The molecule has 0 aromatic heterocycles. The van der Waals surface area contributed by atoms with Crippen molar-refractivity contribution in [3.63, 3.8) is 0 Å². The zero-order valence-electron chi connectivity index (χ0n) is 12.0. The van der Waals surface area contributed by atoms with E-state index in [4.69, 9.17) is 4.74 Å². The average Bonchev–Trinajstić information content (AvgIpc) is 2.38. The molecule has 112 valence electrons. The maximum Gasteiger partial charge on any atom is 0.147 e. The third-order valence-corrected chi connectivity index (χ3v) is 5.29. The minimum atomic E-state index is -0.196. The molecule has 3 nitrogen and oxygen atoms in total. The molecule has 1 saturated carbocycles. The minimum Gasteiger partial charge on any atom is -0.492 e. The van der Waals surface area contributed by atoms with Gasteiger partial charge in [-0.1, -0.05) is 13.8 Å². The molecule has 20 heavy (non-hydrogen) atoms. The molecular weight excluding hydrogens is 386 g/mol. The van der Waals surface area contributed by atoms with Gasteiger partial charge >= 0.3 is 0 Å². The minimum absolute atomic E-state index is 0.0419. The molecule has 0 spiro atoms. The van der Waals surface area contributed by atoms with E-state index >= 15 is 0 Å². The highest BCUT2D eigenvalue weighted by molar-refractivity contribution is 9.11. The summed E-state index contributed by atoms with van der Waals surface area (Å²) in [6.07, 6.45) is 0.630. The van der Waals surface area contributed by atoms with Crippen molar-refractivity contribution in [2.45, 2.75) is 45.9 Å². The molecule has 0 bridgehead atoms. The van der Waals surface area contributed by atoms with Crippen molar-refractivity contribution < 1.29 is 9.84 Å². The van der Waals surface area contributed by atoms with Gasteiger partial charge in [0.15, 0.2) is 0 Å². The first-order chi connectivity index (χ1) is 9.36. The Bertz CT molecular complexity index is 468. The number of aliphatic hydroxyl groups excluding tert-OH is 1. The van der Waals surface area contributed by atoms with Crippen LogP contribution in [0.5, 0.6) is 5.75 Å². The Kier molecular flexibility index (Phi) is 5.16. The largest absolute Gasteiger partial charge is 0.492 e. The Hall–Kier alpha value is -0.100. The van der Waals surface area contributed by atoms with Crippen molar-refractivity contribution >= 4 is 31.9 Å². The Balaban J connectivity index is 2.01. The number of aliphatic hydroxyl groups is 1. The van der Waals surface area contributed by atoms with Crippen LogP contribution in [0, 0.1) is 5.41 Å². The lowest BCUT2D eigenvalue weighted by Crippen LogP contribution is -2.59. The van der Waals surface area contributed by atoms with Crippen LogP contribution in [-0.2, 0) is 6.54 Å². The van der Waals surface area contributed by atoms with Gasteiger partial charge in [-0.25, -0.2) is 0 Å². The highest BCUT2D eigenvalue weighted by Crippen LogP contribution is 2.41. The van der Waals surface area contributed by atoms with Gasteiger partial charge in [0, 0.05) is 18.0 Å². The number of ether oxygens (including phenoxy) is 1. The van der Waals surface area contributed by atoms with Crippen LogP contribution in [0.1, 0.15) is 32.8 Å². The molecule has 1 fully saturated rings. The van der Waals surface area contributed by atoms with Crippen molar-refractivity contribution in [2.24, 2.45) is 5.41 Å². The maximum atomic E-state index is 9.76. The summed E-state index contributed by atoms with van der Waals surface area (Å²) in [7, 11) is 0. The number of rotatable bonds is 5. The van der Waals surface area contributed by atoms with E-state index in [9.17, 15) is 5.11 Å². The van der Waals surface area contributed by atoms with E-state index in [1.54, 1.807) is 0 Å². The van der Waals surface area contributed by atoms with E-state index in [0.717, 1.165) is 27.7 Å². The number of hydrogen-bond donors (Lipinski definition) is 2. The molecule has 0 radical (unpaired) electrons. The smallest absolute Gasteiger partial charge is 0.147 e. The first kappa shape index (κ1) is 16.3. The van der Waals surface area contributed by atoms with Crippen molar-refractivity contribution in [1.29, 1.82) is 0 Å². The second kappa shape index (κ2) is 6.34. The molecule has 5 heteroatoms. The summed E-state index contributed by atoms with van der Waals surface area (Å²) in [5, 5.41) is 13.3. The van der Waals surface area contributed by atoms with E-state index in [1.165, 1.54) is 5.56 Å². The summed E-state index contributed by atoms with van der Waals surface area (Å²) < 4.78 is 7.49. The topological polar surface area (TPSA) is 41.5 Å². The van der Waals surface area contributed by atoms with Gasteiger partial charge in [-0.3, -0.25) is 0 Å². The SMILES string of the molecule is CCOc1c(Br)cc(CNC2CC(O)C2(C)C)cc1Br. The van der Waals surface area contributed by atoms with Gasteiger partial charge in [-0.2, -0.15) is 0 Å². The molecule has 1 aliphatic carbocycles. The summed E-state index contributed by atoms with van der Waals surface area (Å²) in [4.78, 5) is 0. The molecule has 0 saturated heterocycles. The molecule has 0 amide bonds. The molecule has 1 aliphatic rings. The lowest BCUT2D eigenvalue weighted by atomic mass is 9.64. The Morgan fingerprint density at radius 2 is 1.95 bits per heavy atom. The number of nitrogens with one attached hydrogen (secondary N) is 1. The monoisotopic (exact) mass is 405 g/mol. The number of benzene rings is 1. The Morgan fingerprint density at radius 1 is 1.35 bits per heavy atom. The summed E-state index contributed by atoms with van der Waals surface area (Å²) in [6, 6.07) is 4.51. The number of hydrogen-bond acceptors (Lipinski definition) is 3. The maximum absolute atomic E-state index is 9.76. The van der Waals surface area contributed by atoms with Crippen LogP contribution in [-0.4, -0.2) is 23.9 Å². The third kappa shape index (κ3) is 3.21. The molecular formula is C15H21Br2NO2. The average molecular weight is 407 g/mol. The van der Waals surface area contributed by atoms with Crippen LogP contribution in [0.2, 0.25) is 0 Å². The second-order valence-corrected chi connectivity index (χ2v) is 7.54. The predicted octanol–water partition coefficient (Wildman–Crippen LogP) is 3.86. The van der Waals surface area contributed by atoms with Crippen LogP contribution in [0.15, 0.2) is 21.1 Å². The fourth-order valence-corrected chi connectivity index (χ4v) is 4.00. The van der Waals surface area contributed by atoms with Crippen molar-refractivity contribution in [3.05, 3.63) is 26.6 Å². The summed E-state index contributed by atoms with van der Waals surface area (Å²) in [6.45, 7) is 7.59. The molecule has 0 heterocycles. The Labute approximate surface area is 137 Å². The lowest BCUT2D eigenvalue weighted by molar-refractivity contribution is -0.0729. The van der Waals surface area contributed by atoms with E-state index in [1.807, 2.05) is 6.92 Å². The van der Waals surface area contributed by atoms with Crippen molar-refractivity contribution in [3.8, 4) is 5.75 Å². The van der Waals surface area contributed by atoms with Gasteiger partial charge in [0.2, 0.25) is 0 Å². The molecule has 1 aromatic carbocycles. The fourth-order valence-electron chi connectivity index (χ4n) is 2.49. The van der Waals surface area contributed by atoms with Gasteiger partial charge < -0.3 is 15.2 Å². The van der Waals surface area contributed by atoms with E-state index in [-0.39, 0.29) is 11.5 Å². The second-order valence-electron chi connectivity index (χ2n) is 5.83. The van der Waals surface area contributed by atoms with E-state index in [2.05, 4.69) is 63.2 Å². The number of halogens is 2. The van der Waals surface area contributed by atoms with Gasteiger partial charge in [-0.15, -0.1) is 0 Å². The molecule has 1 aromatic rings. The highest BCUT2D eigenvalue weighted by atomic mass is 79.9. The molecule has 0 aliphatic heterocycles. The van der Waals surface area contributed by atoms with E-state index < -0.39 is 0 Å². The quantitative estimate of drug-likeness (QED) is 0.779. The predicted molar refractivity (Wildman–Crippen MR) is 88.0 cm³/mol. The van der Waals surface area contributed by atoms with Gasteiger partial charge in [0.05, 0.1) is 21.7 Å². The molecule has 2 rings (SSSR count). The van der Waals surface area contributed by atoms with Crippen molar-refractivity contribution in [2.75, 3.05) is 6.61 Å². The standard InChI is InChI=1S/C15H21Br2NO2/c1-4-20-14-10(16)5-9(6-11(14)17)8-18-12-7-13(19)15(12,2)3/h5-6,12-13,18-19H,4,7-8H2,1-3H3. The van der Waals surface area contributed by atoms with Crippen LogP contribution in [0.25, 0.3) is 0 Å². The molecule has 2 atom stereocenters. The van der Waals surface area contributed by atoms with Crippen LogP contribution >= 0.6 is 31.9 Å². The van der Waals surface area contributed by atoms with Crippen molar-refractivity contribution in [1.82, 2.24) is 5.32 Å². The first-order valence-electron chi connectivity index (χ1n) is 6.88. The van der Waals surface area contributed by atoms with Crippen LogP contribution < -0.4 is 10.1 Å². The molecule has 2 N–H and O–H groups in total. The van der Waals surface area contributed by atoms with Crippen LogP contribution in [0.4, 0.5) is 0 Å². The molecule has 2 unspecified atom stereocenters. The zero-order chi connectivity index (χ0) is 14.9. The Morgan fingerprint density at radius 3 is 2.40 bits per heavy atom. The van der Waals surface area contributed by atoms with Crippen LogP contribution in [0.3, 0.4) is 0 Å². The van der Waals surface area contributed by atoms with Gasteiger partial charge in [0.1, 0.15) is 5.75 Å². The third-order valence-electron chi connectivity index (χ3n) is 4.12.